The first-order valence-corrected chi connectivity index (χ1v) is 4.78. The summed E-state index contributed by atoms with van der Waals surface area (Å²) in [7, 11) is 0. The SMILES string of the molecule is OC(CC(Cl)(Cl)Cl)c1ccccn1. The van der Waals surface area contributed by atoms with Gasteiger partial charge in [0, 0.05) is 12.6 Å². The van der Waals surface area contributed by atoms with Gasteiger partial charge in [-0.1, -0.05) is 40.9 Å². The minimum Gasteiger partial charge on any atom is -0.387 e. The Morgan fingerprint density at radius 1 is 1.38 bits per heavy atom. The lowest BCUT2D eigenvalue weighted by Gasteiger charge is -2.15. The monoisotopic (exact) mass is 239 g/mol. The summed E-state index contributed by atoms with van der Waals surface area (Å²) < 4.78 is -1.45. The van der Waals surface area contributed by atoms with Crippen LogP contribution in [0.2, 0.25) is 0 Å². The van der Waals surface area contributed by atoms with Gasteiger partial charge in [0.15, 0.2) is 3.79 Å². The van der Waals surface area contributed by atoms with E-state index in [4.69, 9.17) is 34.8 Å². The van der Waals surface area contributed by atoms with Crippen LogP contribution in [-0.2, 0) is 0 Å². The van der Waals surface area contributed by atoms with Crippen molar-refractivity contribution in [2.75, 3.05) is 0 Å². The summed E-state index contributed by atoms with van der Waals surface area (Å²) in [6.07, 6.45) is 0.778. The van der Waals surface area contributed by atoms with Crippen molar-refractivity contribution >= 4 is 34.8 Å². The maximum absolute atomic E-state index is 9.54. The number of alkyl halides is 3. The summed E-state index contributed by atoms with van der Waals surface area (Å²) in [5.41, 5.74) is 0.508. The zero-order chi connectivity index (χ0) is 9.90. The van der Waals surface area contributed by atoms with Gasteiger partial charge in [0.1, 0.15) is 6.10 Å². The molecule has 0 aliphatic carbocycles. The molecule has 5 heteroatoms. The third-order valence-electron chi connectivity index (χ3n) is 1.45. The predicted molar refractivity (Wildman–Crippen MR) is 54.1 cm³/mol. The average molecular weight is 241 g/mol. The summed E-state index contributed by atoms with van der Waals surface area (Å²) in [6.45, 7) is 0. The zero-order valence-corrected chi connectivity index (χ0v) is 8.89. The molecule has 72 valence electrons. The van der Waals surface area contributed by atoms with Gasteiger partial charge in [-0.15, -0.1) is 0 Å². The van der Waals surface area contributed by atoms with E-state index in [0.29, 0.717) is 5.69 Å². The second-order valence-corrected chi connectivity index (χ2v) is 5.11. The van der Waals surface area contributed by atoms with Crippen molar-refractivity contribution in [1.82, 2.24) is 4.98 Å². The molecule has 1 aromatic heterocycles. The molecule has 1 rings (SSSR count). The first-order valence-electron chi connectivity index (χ1n) is 3.65. The van der Waals surface area contributed by atoms with Crippen molar-refractivity contribution < 1.29 is 5.11 Å². The third-order valence-corrected chi connectivity index (χ3v) is 1.92. The molecule has 13 heavy (non-hydrogen) atoms. The van der Waals surface area contributed by atoms with Crippen LogP contribution in [0.4, 0.5) is 0 Å². The van der Waals surface area contributed by atoms with E-state index in [0.717, 1.165) is 0 Å². The highest BCUT2D eigenvalue weighted by Gasteiger charge is 2.25. The molecule has 2 nitrogen and oxygen atoms in total. The summed E-state index contributed by atoms with van der Waals surface area (Å²) in [5, 5.41) is 9.54. The number of rotatable bonds is 2. The lowest BCUT2D eigenvalue weighted by molar-refractivity contribution is 0.164. The number of hydrogen-bond acceptors (Lipinski definition) is 2. The van der Waals surface area contributed by atoms with Gasteiger partial charge in [-0.25, -0.2) is 0 Å². The maximum Gasteiger partial charge on any atom is 0.193 e. The van der Waals surface area contributed by atoms with Gasteiger partial charge in [0.2, 0.25) is 0 Å². The Balaban J connectivity index is 2.64. The Morgan fingerprint density at radius 3 is 2.54 bits per heavy atom. The molecule has 0 fully saturated rings. The number of pyridine rings is 1. The van der Waals surface area contributed by atoms with Gasteiger partial charge in [-0.05, 0) is 12.1 Å². The first-order chi connectivity index (χ1) is 5.99. The summed E-state index contributed by atoms with van der Waals surface area (Å²) >= 11 is 16.6. The molecule has 1 aromatic rings. The van der Waals surface area contributed by atoms with Crippen LogP contribution in [0, 0.1) is 0 Å². The third kappa shape index (κ3) is 4.14. The minimum absolute atomic E-state index is 0.0364. The molecule has 1 N–H and O–H groups in total. The van der Waals surface area contributed by atoms with Crippen LogP contribution in [-0.4, -0.2) is 13.9 Å². The van der Waals surface area contributed by atoms with Crippen molar-refractivity contribution in [3.8, 4) is 0 Å². The Bertz CT molecular complexity index is 260. The standard InChI is InChI=1S/C8H8Cl3NO/c9-8(10,11)5-7(13)6-3-1-2-4-12-6/h1-4,7,13H,5H2. The number of aliphatic hydroxyl groups is 1. The van der Waals surface area contributed by atoms with Crippen LogP contribution in [0.25, 0.3) is 0 Å². The van der Waals surface area contributed by atoms with Gasteiger partial charge >= 0.3 is 0 Å². The Morgan fingerprint density at radius 2 is 2.08 bits per heavy atom. The van der Waals surface area contributed by atoms with Gasteiger partial charge in [-0.2, -0.15) is 0 Å². The normalized spacial score (nSPS) is 14.2. The van der Waals surface area contributed by atoms with E-state index < -0.39 is 9.90 Å². The van der Waals surface area contributed by atoms with E-state index in [1.54, 1.807) is 24.4 Å². The van der Waals surface area contributed by atoms with Crippen LogP contribution < -0.4 is 0 Å². The lowest BCUT2D eigenvalue weighted by Crippen LogP contribution is -2.10. The Labute approximate surface area is 91.4 Å². The summed E-state index contributed by atoms with van der Waals surface area (Å²) in [6, 6.07) is 5.20. The number of nitrogens with zero attached hydrogens (tertiary/aromatic N) is 1. The fourth-order valence-corrected chi connectivity index (χ4v) is 1.34. The Kier molecular flexibility index (Phi) is 3.80. The second kappa shape index (κ2) is 4.47. The van der Waals surface area contributed by atoms with E-state index in [9.17, 15) is 5.11 Å². The highest BCUT2D eigenvalue weighted by atomic mass is 35.6. The maximum atomic E-state index is 9.54. The van der Waals surface area contributed by atoms with E-state index in [-0.39, 0.29) is 6.42 Å². The van der Waals surface area contributed by atoms with Gasteiger partial charge in [0.05, 0.1) is 5.69 Å². The van der Waals surface area contributed by atoms with Crippen molar-refractivity contribution in [3.05, 3.63) is 30.1 Å². The highest BCUT2D eigenvalue weighted by molar-refractivity contribution is 6.67. The number of hydrogen-bond donors (Lipinski definition) is 1. The molecule has 1 heterocycles. The van der Waals surface area contributed by atoms with Crippen LogP contribution >= 0.6 is 34.8 Å². The molecule has 0 bridgehead atoms. The van der Waals surface area contributed by atoms with E-state index in [2.05, 4.69) is 4.98 Å². The number of aromatic nitrogens is 1. The highest BCUT2D eigenvalue weighted by Crippen LogP contribution is 2.35. The molecule has 0 spiro atoms. The van der Waals surface area contributed by atoms with Crippen LogP contribution in [0.5, 0.6) is 0 Å². The second-order valence-electron chi connectivity index (χ2n) is 2.59. The van der Waals surface area contributed by atoms with Gasteiger partial charge in [-0.3, -0.25) is 4.98 Å². The van der Waals surface area contributed by atoms with Crippen molar-refractivity contribution in [3.63, 3.8) is 0 Å². The largest absolute Gasteiger partial charge is 0.387 e. The fraction of sp³-hybridized carbons (Fsp3) is 0.375. The summed E-state index contributed by atoms with van der Waals surface area (Å²) in [5.74, 6) is 0. The topological polar surface area (TPSA) is 33.1 Å². The molecule has 0 saturated carbocycles. The lowest BCUT2D eigenvalue weighted by atomic mass is 10.2. The predicted octanol–water partition coefficient (Wildman–Crippen LogP) is 2.88. The molecule has 0 aromatic carbocycles. The fourth-order valence-electron chi connectivity index (χ4n) is 0.897. The average Bonchev–Trinajstić information content (AvgIpc) is 2.03. The van der Waals surface area contributed by atoms with Crippen molar-refractivity contribution in [1.29, 1.82) is 0 Å². The van der Waals surface area contributed by atoms with Gasteiger partial charge < -0.3 is 5.11 Å². The smallest absolute Gasteiger partial charge is 0.193 e. The molecule has 1 unspecified atom stereocenters. The van der Waals surface area contributed by atoms with Gasteiger partial charge in [0.25, 0.3) is 0 Å². The molecule has 0 amide bonds. The molecular weight excluding hydrogens is 232 g/mol. The van der Waals surface area contributed by atoms with Crippen LogP contribution in [0.1, 0.15) is 18.2 Å². The van der Waals surface area contributed by atoms with Crippen molar-refractivity contribution in [2.24, 2.45) is 0 Å². The molecule has 0 aliphatic rings. The van der Waals surface area contributed by atoms with Crippen molar-refractivity contribution in [2.45, 2.75) is 16.3 Å². The quantitative estimate of drug-likeness (QED) is 0.807. The van der Waals surface area contributed by atoms with E-state index >= 15 is 0 Å². The van der Waals surface area contributed by atoms with Crippen LogP contribution in [0.15, 0.2) is 24.4 Å². The summed E-state index contributed by atoms with van der Waals surface area (Å²) in [4.78, 5) is 3.94. The molecular formula is C8H8Cl3NO. The molecule has 0 saturated heterocycles. The molecule has 0 aliphatic heterocycles. The van der Waals surface area contributed by atoms with E-state index in [1.807, 2.05) is 0 Å². The minimum atomic E-state index is -1.45. The van der Waals surface area contributed by atoms with E-state index in [1.165, 1.54) is 0 Å². The molecule has 0 radical (unpaired) electrons. The Hall–Kier alpha value is -0.0200. The van der Waals surface area contributed by atoms with Crippen LogP contribution in [0.3, 0.4) is 0 Å². The number of halogens is 3. The zero-order valence-electron chi connectivity index (χ0n) is 6.62. The first kappa shape index (κ1) is 11.1. The molecule has 1 atom stereocenters. The number of aliphatic hydroxyl groups excluding tert-OH is 1.